The summed E-state index contributed by atoms with van der Waals surface area (Å²) >= 11 is 0. The predicted molar refractivity (Wildman–Crippen MR) is 134 cm³/mol. The fraction of sp³-hybridized carbons (Fsp3) is 0.519. The lowest BCUT2D eigenvalue weighted by Gasteiger charge is -2.13. The summed E-state index contributed by atoms with van der Waals surface area (Å²) in [6.45, 7) is 10.3. The fourth-order valence-corrected chi connectivity index (χ4v) is 3.33. The number of carbonyl (C=O) groups excluding carboxylic acids is 1. The fourth-order valence-electron chi connectivity index (χ4n) is 3.33. The third-order valence-electron chi connectivity index (χ3n) is 5.20. The Kier molecular flexibility index (Phi) is 14.7. The summed E-state index contributed by atoms with van der Waals surface area (Å²) in [6.07, 6.45) is 5.63. The Bertz CT molecular complexity index is 724. The molecule has 1 fully saturated rings. The van der Waals surface area contributed by atoms with E-state index in [0.29, 0.717) is 13.0 Å². The van der Waals surface area contributed by atoms with Crippen molar-refractivity contribution in [3.63, 3.8) is 0 Å². The summed E-state index contributed by atoms with van der Waals surface area (Å²) in [4.78, 5) is 13.4. The standard InChI is InChI=1S/C14H21NO.C11H15NO2.C2H6/c1-16-14-8-6-13(7-9-14)5-4-12-15-10-2-3-11-15;1-9-3-5-10(6-4-9)14-8-7-11(13)12-2;1-2/h6-9H,2-5,10-12H2,1H3;3-6H,7-8H2,1-2H3,(H,12,13);1-2H3. The first kappa shape index (κ1) is 27.5. The number of nitrogens with one attached hydrogen (secondary N) is 1. The van der Waals surface area contributed by atoms with Gasteiger partial charge in [0.25, 0.3) is 0 Å². The monoisotopic (exact) mass is 442 g/mol. The molecule has 1 heterocycles. The van der Waals surface area contributed by atoms with Crippen molar-refractivity contribution in [1.29, 1.82) is 0 Å². The zero-order valence-corrected chi connectivity index (χ0v) is 20.7. The van der Waals surface area contributed by atoms with Gasteiger partial charge in [-0.15, -0.1) is 0 Å². The summed E-state index contributed by atoms with van der Waals surface area (Å²) < 4.78 is 10.5. The smallest absolute Gasteiger partial charge is 0.223 e. The van der Waals surface area contributed by atoms with Gasteiger partial charge in [-0.25, -0.2) is 0 Å². The number of hydrogen-bond donors (Lipinski definition) is 1. The molecule has 1 aliphatic rings. The Morgan fingerprint density at radius 3 is 2.12 bits per heavy atom. The van der Waals surface area contributed by atoms with Crippen LogP contribution < -0.4 is 14.8 Å². The van der Waals surface area contributed by atoms with E-state index in [1.54, 1.807) is 14.2 Å². The Morgan fingerprint density at radius 1 is 0.969 bits per heavy atom. The highest BCUT2D eigenvalue weighted by Gasteiger charge is 2.10. The second kappa shape index (κ2) is 17.1. The first-order valence-electron chi connectivity index (χ1n) is 11.9. The summed E-state index contributed by atoms with van der Waals surface area (Å²) in [5, 5.41) is 2.54. The van der Waals surface area contributed by atoms with E-state index in [2.05, 4.69) is 22.3 Å². The van der Waals surface area contributed by atoms with E-state index in [9.17, 15) is 4.79 Å². The van der Waals surface area contributed by atoms with Crippen LogP contribution in [0, 0.1) is 6.92 Å². The molecule has 1 aliphatic heterocycles. The molecule has 32 heavy (non-hydrogen) atoms. The first-order chi connectivity index (χ1) is 15.6. The lowest BCUT2D eigenvalue weighted by atomic mass is 10.1. The molecule has 0 spiro atoms. The molecular formula is C27H42N2O3. The molecule has 1 saturated heterocycles. The van der Waals surface area contributed by atoms with Crippen molar-refractivity contribution < 1.29 is 14.3 Å². The summed E-state index contributed by atoms with van der Waals surface area (Å²) in [5.74, 6) is 1.75. The zero-order valence-electron chi connectivity index (χ0n) is 20.7. The molecule has 0 radical (unpaired) electrons. The van der Waals surface area contributed by atoms with E-state index in [1.165, 1.54) is 56.4 Å². The number of carbonyl (C=O) groups is 1. The van der Waals surface area contributed by atoms with E-state index in [0.717, 1.165) is 11.5 Å². The SMILES string of the molecule is CC.CNC(=O)CCOc1ccc(C)cc1.COc1ccc(CCCN2CCCC2)cc1. The van der Waals surface area contributed by atoms with Gasteiger partial charge in [-0.05, 0) is 82.1 Å². The maximum absolute atomic E-state index is 10.9. The highest BCUT2D eigenvalue weighted by Crippen LogP contribution is 2.14. The third kappa shape index (κ3) is 11.8. The van der Waals surface area contributed by atoms with Gasteiger partial charge in [-0.2, -0.15) is 0 Å². The van der Waals surface area contributed by atoms with E-state index in [4.69, 9.17) is 9.47 Å². The number of hydrogen-bond acceptors (Lipinski definition) is 4. The lowest BCUT2D eigenvalue weighted by molar-refractivity contribution is -0.121. The Morgan fingerprint density at radius 2 is 1.56 bits per heavy atom. The number of likely N-dealkylation sites (tertiary alicyclic amines) is 1. The Balaban J connectivity index is 0.000000300. The first-order valence-corrected chi connectivity index (χ1v) is 11.9. The van der Waals surface area contributed by atoms with E-state index in [-0.39, 0.29) is 5.91 Å². The average Bonchev–Trinajstić information content (AvgIpc) is 3.36. The van der Waals surface area contributed by atoms with Crippen LogP contribution in [-0.4, -0.2) is 51.2 Å². The number of ether oxygens (including phenoxy) is 2. The largest absolute Gasteiger partial charge is 0.497 e. The summed E-state index contributed by atoms with van der Waals surface area (Å²) in [5.41, 5.74) is 2.61. The van der Waals surface area contributed by atoms with Crippen LogP contribution in [0.4, 0.5) is 0 Å². The van der Waals surface area contributed by atoms with Gasteiger partial charge in [0.05, 0.1) is 20.1 Å². The van der Waals surface area contributed by atoms with Gasteiger partial charge >= 0.3 is 0 Å². The average molecular weight is 443 g/mol. The van der Waals surface area contributed by atoms with Crippen LogP contribution in [0.2, 0.25) is 0 Å². The van der Waals surface area contributed by atoms with Gasteiger partial charge in [0.1, 0.15) is 11.5 Å². The van der Waals surface area contributed by atoms with Gasteiger partial charge in [-0.3, -0.25) is 4.79 Å². The van der Waals surface area contributed by atoms with Crippen molar-refractivity contribution in [2.75, 3.05) is 40.4 Å². The summed E-state index contributed by atoms with van der Waals surface area (Å²) in [6, 6.07) is 16.2. The molecule has 0 bridgehead atoms. The highest BCUT2D eigenvalue weighted by molar-refractivity contribution is 5.75. The predicted octanol–water partition coefficient (Wildman–Crippen LogP) is 5.26. The molecule has 0 atom stereocenters. The quantitative estimate of drug-likeness (QED) is 0.575. The molecule has 2 aromatic rings. The molecule has 2 aromatic carbocycles. The minimum atomic E-state index is -0.00267. The maximum Gasteiger partial charge on any atom is 0.223 e. The van der Waals surface area contributed by atoms with Crippen molar-refractivity contribution in [1.82, 2.24) is 10.2 Å². The molecule has 1 N–H and O–H groups in total. The maximum atomic E-state index is 10.9. The molecule has 1 amide bonds. The van der Waals surface area contributed by atoms with Crippen LogP contribution in [-0.2, 0) is 11.2 Å². The van der Waals surface area contributed by atoms with Gasteiger partial charge in [0, 0.05) is 7.05 Å². The molecule has 5 nitrogen and oxygen atoms in total. The molecule has 5 heteroatoms. The van der Waals surface area contributed by atoms with Gasteiger partial charge in [-0.1, -0.05) is 43.7 Å². The van der Waals surface area contributed by atoms with Crippen LogP contribution in [0.25, 0.3) is 0 Å². The topological polar surface area (TPSA) is 50.8 Å². The molecule has 3 rings (SSSR count). The van der Waals surface area contributed by atoms with Crippen molar-refractivity contribution >= 4 is 5.91 Å². The lowest BCUT2D eigenvalue weighted by Crippen LogP contribution is -2.20. The Hall–Kier alpha value is -2.53. The minimum Gasteiger partial charge on any atom is -0.497 e. The van der Waals surface area contributed by atoms with Crippen LogP contribution in [0.1, 0.15) is 50.7 Å². The van der Waals surface area contributed by atoms with Crippen LogP contribution >= 0.6 is 0 Å². The van der Waals surface area contributed by atoms with E-state index >= 15 is 0 Å². The number of rotatable bonds is 9. The molecular weight excluding hydrogens is 400 g/mol. The molecule has 178 valence electrons. The van der Waals surface area contributed by atoms with Crippen molar-refractivity contribution in [3.8, 4) is 11.5 Å². The second-order valence-corrected chi connectivity index (χ2v) is 7.59. The van der Waals surface area contributed by atoms with Gasteiger partial charge in [0.15, 0.2) is 0 Å². The second-order valence-electron chi connectivity index (χ2n) is 7.59. The number of methoxy groups -OCH3 is 1. The van der Waals surface area contributed by atoms with E-state index < -0.39 is 0 Å². The van der Waals surface area contributed by atoms with Crippen LogP contribution in [0.3, 0.4) is 0 Å². The zero-order chi connectivity index (χ0) is 23.6. The number of amides is 1. The molecule has 0 saturated carbocycles. The number of nitrogens with zero attached hydrogens (tertiary/aromatic N) is 1. The number of aryl methyl sites for hydroxylation is 2. The normalized spacial score (nSPS) is 12.7. The van der Waals surface area contributed by atoms with E-state index in [1.807, 2.05) is 57.2 Å². The Labute approximate surface area is 195 Å². The summed E-state index contributed by atoms with van der Waals surface area (Å²) in [7, 11) is 3.33. The third-order valence-corrected chi connectivity index (χ3v) is 5.20. The molecule has 0 unspecified atom stereocenters. The number of benzene rings is 2. The van der Waals surface area contributed by atoms with Crippen molar-refractivity contribution in [2.45, 2.75) is 52.9 Å². The minimum absolute atomic E-state index is 0.00267. The molecule has 0 aromatic heterocycles. The highest BCUT2D eigenvalue weighted by atomic mass is 16.5. The van der Waals surface area contributed by atoms with Crippen LogP contribution in [0.5, 0.6) is 11.5 Å². The van der Waals surface area contributed by atoms with Gasteiger partial charge in [0.2, 0.25) is 5.91 Å². The van der Waals surface area contributed by atoms with Crippen LogP contribution in [0.15, 0.2) is 48.5 Å². The van der Waals surface area contributed by atoms with Crippen molar-refractivity contribution in [3.05, 3.63) is 59.7 Å². The van der Waals surface area contributed by atoms with Crippen molar-refractivity contribution in [2.24, 2.45) is 0 Å². The molecule has 0 aliphatic carbocycles. The van der Waals surface area contributed by atoms with Gasteiger partial charge < -0.3 is 19.7 Å².